The predicted molar refractivity (Wildman–Crippen MR) is 311 cm³/mol. The van der Waals surface area contributed by atoms with Gasteiger partial charge in [0.15, 0.2) is 0 Å². The van der Waals surface area contributed by atoms with Crippen LogP contribution < -0.4 is 9.80 Å². The maximum absolute atomic E-state index is 6.68. The van der Waals surface area contributed by atoms with E-state index in [1.54, 1.807) is 0 Å². The van der Waals surface area contributed by atoms with Crippen molar-refractivity contribution in [2.45, 2.75) is 0 Å². The molecule has 0 bridgehead atoms. The number of nitrogens with zero attached hydrogens (tertiary/aromatic N) is 3. The van der Waals surface area contributed by atoms with E-state index in [9.17, 15) is 0 Å². The summed E-state index contributed by atoms with van der Waals surface area (Å²) in [4.78, 5) is 4.85. The van der Waals surface area contributed by atoms with E-state index in [1.165, 1.54) is 47.2 Å². The molecule has 3 heterocycles. The number of anilines is 6. The number of aromatic nitrogens is 1. The highest BCUT2D eigenvalue weighted by molar-refractivity contribution is 7.26. The van der Waals surface area contributed by atoms with Crippen LogP contribution in [-0.4, -0.2) is 4.57 Å². The third-order valence-corrected chi connectivity index (χ3v) is 15.8. The number of fused-ring (bicyclic) bond motifs is 13. The van der Waals surface area contributed by atoms with E-state index in [4.69, 9.17) is 4.42 Å². The summed E-state index contributed by atoms with van der Waals surface area (Å²) in [6.07, 6.45) is 0. The first-order valence-corrected chi connectivity index (χ1v) is 25.6. The topological polar surface area (TPSA) is 24.6 Å². The molecule has 3 aromatic heterocycles. The molecule has 0 amide bonds. The Morgan fingerprint density at radius 2 is 0.890 bits per heavy atom. The third kappa shape index (κ3) is 6.74. The smallest absolute Gasteiger partial charge is 0.143 e. The van der Waals surface area contributed by atoms with Crippen molar-refractivity contribution < 1.29 is 4.42 Å². The second-order valence-corrected chi connectivity index (χ2v) is 20.0. The van der Waals surface area contributed by atoms with Crippen LogP contribution in [0.15, 0.2) is 265 Å². The van der Waals surface area contributed by atoms with Gasteiger partial charge in [0.05, 0.1) is 11.0 Å². The Morgan fingerprint density at radius 1 is 0.315 bits per heavy atom. The molecule has 15 rings (SSSR count). The summed E-state index contributed by atoms with van der Waals surface area (Å²) in [6, 6.07) is 95.0. The molecule has 0 atom stereocenters. The largest absolute Gasteiger partial charge is 0.455 e. The lowest BCUT2D eigenvalue weighted by molar-refractivity contribution is 0.672. The Hall–Kier alpha value is -9.42. The summed E-state index contributed by atoms with van der Waals surface area (Å²) in [7, 11) is 0. The minimum Gasteiger partial charge on any atom is -0.455 e. The van der Waals surface area contributed by atoms with Crippen molar-refractivity contribution in [2.24, 2.45) is 0 Å². The normalized spacial score (nSPS) is 11.8. The van der Waals surface area contributed by atoms with E-state index in [-0.39, 0.29) is 0 Å². The van der Waals surface area contributed by atoms with E-state index in [1.807, 2.05) is 11.3 Å². The zero-order valence-electron chi connectivity index (χ0n) is 39.5. The molecule has 342 valence electrons. The van der Waals surface area contributed by atoms with E-state index in [0.717, 1.165) is 89.2 Å². The average Bonchev–Trinajstić information content (AvgIpc) is 4.13. The maximum Gasteiger partial charge on any atom is 0.143 e. The minimum absolute atomic E-state index is 0.870. The van der Waals surface area contributed by atoms with E-state index >= 15 is 0 Å². The number of thiophene rings is 1. The number of furan rings is 1. The summed E-state index contributed by atoms with van der Waals surface area (Å²) in [6.45, 7) is 0. The molecule has 15 aromatic rings. The van der Waals surface area contributed by atoms with Gasteiger partial charge in [-0.1, -0.05) is 146 Å². The highest BCUT2D eigenvalue weighted by Gasteiger charge is 2.23. The van der Waals surface area contributed by atoms with Crippen molar-refractivity contribution in [1.82, 2.24) is 4.57 Å². The van der Waals surface area contributed by atoms with Crippen molar-refractivity contribution in [3.8, 4) is 16.8 Å². The fourth-order valence-electron chi connectivity index (χ4n) is 11.4. The standard InChI is InChI=1S/C68H43N3OS/c1-4-18-48(19-5-1)69(51-32-37-65-61(42-51)67-55-24-12-10-16-44(55)30-36-66(67)73-65)53-38-47(46-29-35-64-60(40-46)59-33-28-45-17-11-13-25-56(45)68(59)72-64)39-54(41-53)70(49-20-6-2-7-21-49)52-31-34-58-57-26-14-15-27-62(57)71(63(58)43-52)50-22-8-3-9-23-50/h1-43H. The van der Waals surface area contributed by atoms with E-state index < -0.39 is 0 Å². The molecule has 73 heavy (non-hydrogen) atoms. The monoisotopic (exact) mass is 949 g/mol. The van der Waals surface area contributed by atoms with Gasteiger partial charge in [0, 0.05) is 86.9 Å². The van der Waals surface area contributed by atoms with E-state index in [2.05, 4.69) is 275 Å². The molecule has 0 fully saturated rings. The second kappa shape index (κ2) is 16.6. The molecule has 0 saturated carbocycles. The zero-order valence-corrected chi connectivity index (χ0v) is 40.3. The van der Waals surface area contributed by atoms with Crippen LogP contribution in [0.2, 0.25) is 0 Å². The number of para-hydroxylation sites is 4. The molecular weight excluding hydrogens is 907 g/mol. The summed E-state index contributed by atoms with van der Waals surface area (Å²) in [5.74, 6) is 0. The summed E-state index contributed by atoms with van der Waals surface area (Å²) >= 11 is 1.86. The molecule has 0 spiro atoms. The molecule has 0 saturated heterocycles. The second-order valence-electron chi connectivity index (χ2n) is 18.9. The SMILES string of the molecule is c1ccc(N(c2cc(-c3ccc4oc5c6ccccc6ccc5c4c3)cc(N(c3ccccc3)c3ccc4c5ccccc5n(-c5ccccc5)c4c3)c2)c2ccc3sc4ccc5ccccc5c4c3c2)cc1. The molecule has 0 aliphatic carbocycles. The first-order valence-electron chi connectivity index (χ1n) is 24.8. The van der Waals surface area contributed by atoms with Crippen LogP contribution in [0.4, 0.5) is 34.1 Å². The van der Waals surface area contributed by atoms with Crippen molar-refractivity contribution in [1.29, 1.82) is 0 Å². The van der Waals surface area contributed by atoms with Crippen LogP contribution in [0.3, 0.4) is 0 Å². The Morgan fingerprint density at radius 3 is 1.64 bits per heavy atom. The molecule has 12 aromatic carbocycles. The van der Waals surface area contributed by atoms with Crippen molar-refractivity contribution in [2.75, 3.05) is 9.80 Å². The van der Waals surface area contributed by atoms with Crippen molar-refractivity contribution in [3.05, 3.63) is 261 Å². The fraction of sp³-hybridized carbons (Fsp3) is 0. The Bertz CT molecular complexity index is 4630. The summed E-state index contributed by atoms with van der Waals surface area (Å²) < 4.78 is 11.6. The lowest BCUT2D eigenvalue weighted by Crippen LogP contribution is -2.13. The van der Waals surface area contributed by atoms with Crippen LogP contribution in [0, 0.1) is 0 Å². The molecular formula is C68H43N3OS. The predicted octanol–water partition coefficient (Wildman–Crippen LogP) is 20.0. The molecule has 5 heteroatoms. The highest BCUT2D eigenvalue weighted by atomic mass is 32.1. The van der Waals surface area contributed by atoms with Gasteiger partial charge in [0.2, 0.25) is 0 Å². The first kappa shape index (κ1) is 41.4. The van der Waals surface area contributed by atoms with Crippen LogP contribution in [-0.2, 0) is 0 Å². The van der Waals surface area contributed by atoms with Crippen LogP contribution in [0.25, 0.3) is 102 Å². The van der Waals surface area contributed by atoms with Crippen molar-refractivity contribution in [3.63, 3.8) is 0 Å². The van der Waals surface area contributed by atoms with E-state index in [0.29, 0.717) is 0 Å². The van der Waals surface area contributed by atoms with Gasteiger partial charge in [-0.05, 0) is 143 Å². The number of benzene rings is 12. The minimum atomic E-state index is 0.870. The third-order valence-electron chi connectivity index (χ3n) is 14.7. The number of rotatable bonds is 8. The van der Waals surface area contributed by atoms with Crippen LogP contribution >= 0.6 is 11.3 Å². The molecule has 0 aliphatic heterocycles. The fourth-order valence-corrected chi connectivity index (χ4v) is 12.5. The van der Waals surface area contributed by atoms with Crippen LogP contribution in [0.1, 0.15) is 0 Å². The average molecular weight is 950 g/mol. The van der Waals surface area contributed by atoms with Gasteiger partial charge < -0.3 is 18.8 Å². The summed E-state index contributed by atoms with van der Waals surface area (Å²) in [5.41, 5.74) is 13.7. The van der Waals surface area contributed by atoms with Gasteiger partial charge in [-0.25, -0.2) is 0 Å². The lowest BCUT2D eigenvalue weighted by Gasteiger charge is -2.30. The Kier molecular flexibility index (Phi) is 9.41. The molecule has 0 unspecified atom stereocenters. The molecule has 4 nitrogen and oxygen atoms in total. The Labute approximate surface area is 425 Å². The van der Waals surface area contributed by atoms with Gasteiger partial charge in [0.25, 0.3) is 0 Å². The highest BCUT2D eigenvalue weighted by Crippen LogP contribution is 2.48. The zero-order chi connectivity index (χ0) is 48.0. The Balaban J connectivity index is 0.999. The van der Waals surface area contributed by atoms with Gasteiger partial charge in [-0.2, -0.15) is 0 Å². The van der Waals surface area contributed by atoms with Gasteiger partial charge in [0.1, 0.15) is 11.2 Å². The summed E-state index contributed by atoms with van der Waals surface area (Å²) in [5, 5.41) is 12.0. The first-order chi connectivity index (χ1) is 36.2. The van der Waals surface area contributed by atoms with Gasteiger partial charge in [-0.3, -0.25) is 0 Å². The van der Waals surface area contributed by atoms with Crippen LogP contribution in [0.5, 0.6) is 0 Å². The maximum atomic E-state index is 6.68. The van der Waals surface area contributed by atoms with Gasteiger partial charge >= 0.3 is 0 Å². The molecule has 0 radical (unpaired) electrons. The number of hydrogen-bond donors (Lipinski definition) is 0. The van der Waals surface area contributed by atoms with Crippen molar-refractivity contribution >= 4 is 131 Å². The number of hydrogen-bond acceptors (Lipinski definition) is 4. The quantitative estimate of drug-likeness (QED) is 0.152. The molecule has 0 aliphatic rings. The van der Waals surface area contributed by atoms with Gasteiger partial charge in [-0.15, -0.1) is 11.3 Å². The molecule has 0 N–H and O–H groups in total. The lowest BCUT2D eigenvalue weighted by atomic mass is 9.99.